The van der Waals surface area contributed by atoms with Crippen molar-refractivity contribution in [3.63, 3.8) is 0 Å². The standard InChI is InChI=1S/C22H25ClFN3O5S/c1-13-18(21(29)31-2)20(33-19(13)22(30)32-3)25-17(28)12-27-8-6-26(7-9-27)11-14-4-5-16(24)15(23)10-14/h4-5,10H,6-9,11-12H2,1-3H3,(H,25,28). The van der Waals surface area contributed by atoms with Crippen LogP contribution >= 0.6 is 22.9 Å². The summed E-state index contributed by atoms with van der Waals surface area (Å²) in [4.78, 5) is 41.3. The first kappa shape index (κ1) is 25.1. The Hall–Kier alpha value is -2.53. The lowest BCUT2D eigenvalue weighted by Gasteiger charge is -2.34. The molecule has 1 aliphatic heterocycles. The van der Waals surface area contributed by atoms with E-state index in [0.717, 1.165) is 30.0 Å². The van der Waals surface area contributed by atoms with Crippen molar-refractivity contribution in [1.29, 1.82) is 0 Å². The van der Waals surface area contributed by atoms with Gasteiger partial charge in [0.15, 0.2) is 0 Å². The molecule has 0 radical (unpaired) electrons. The van der Waals surface area contributed by atoms with E-state index in [4.69, 9.17) is 21.1 Å². The Morgan fingerprint density at radius 1 is 1.09 bits per heavy atom. The zero-order chi connectivity index (χ0) is 24.1. The normalized spacial score (nSPS) is 14.7. The second-order valence-corrected chi connectivity index (χ2v) is 9.02. The van der Waals surface area contributed by atoms with Gasteiger partial charge in [0.05, 0.1) is 31.4 Å². The van der Waals surface area contributed by atoms with Gasteiger partial charge in [-0.3, -0.25) is 14.6 Å². The summed E-state index contributed by atoms with van der Waals surface area (Å²) >= 11 is 6.84. The van der Waals surface area contributed by atoms with Crippen LogP contribution in [0.5, 0.6) is 0 Å². The summed E-state index contributed by atoms with van der Waals surface area (Å²) in [6.07, 6.45) is 0. The summed E-state index contributed by atoms with van der Waals surface area (Å²) in [6.45, 7) is 5.21. The maximum atomic E-state index is 13.3. The average molecular weight is 498 g/mol. The van der Waals surface area contributed by atoms with Crippen LogP contribution in [-0.2, 0) is 20.8 Å². The second kappa shape index (κ2) is 11.1. The zero-order valence-corrected chi connectivity index (χ0v) is 20.1. The number of thiophene rings is 1. The van der Waals surface area contributed by atoms with Gasteiger partial charge in [-0.2, -0.15) is 0 Å². The van der Waals surface area contributed by atoms with Crippen LogP contribution in [0.2, 0.25) is 5.02 Å². The Morgan fingerprint density at radius 3 is 2.33 bits per heavy atom. The third-order valence-corrected chi connectivity index (χ3v) is 6.86. The van der Waals surface area contributed by atoms with Gasteiger partial charge in [0.25, 0.3) is 0 Å². The second-order valence-electron chi connectivity index (χ2n) is 7.59. The first-order valence-electron chi connectivity index (χ1n) is 10.2. The third kappa shape index (κ3) is 6.08. The molecule has 0 aliphatic carbocycles. The molecule has 3 rings (SSSR count). The van der Waals surface area contributed by atoms with E-state index in [9.17, 15) is 18.8 Å². The molecule has 1 aromatic carbocycles. The molecule has 33 heavy (non-hydrogen) atoms. The SMILES string of the molecule is COC(=O)c1sc(NC(=O)CN2CCN(Cc3ccc(F)c(Cl)c3)CC2)c(C(=O)OC)c1C. The number of amides is 1. The number of anilines is 1. The quantitative estimate of drug-likeness (QED) is 0.588. The van der Waals surface area contributed by atoms with E-state index in [1.54, 1.807) is 19.1 Å². The molecule has 1 fully saturated rings. The van der Waals surface area contributed by atoms with Gasteiger partial charge in [0, 0.05) is 32.7 Å². The van der Waals surface area contributed by atoms with Crippen molar-refractivity contribution in [1.82, 2.24) is 9.80 Å². The number of hydrogen-bond acceptors (Lipinski definition) is 8. The van der Waals surface area contributed by atoms with Crippen LogP contribution in [0.1, 0.15) is 31.2 Å². The van der Waals surface area contributed by atoms with E-state index in [-0.39, 0.29) is 32.9 Å². The number of carbonyl (C=O) groups excluding carboxylic acids is 3. The lowest BCUT2D eigenvalue weighted by molar-refractivity contribution is -0.117. The molecule has 178 valence electrons. The minimum atomic E-state index is -0.635. The Morgan fingerprint density at radius 2 is 1.73 bits per heavy atom. The van der Waals surface area contributed by atoms with Crippen LogP contribution in [0.4, 0.5) is 9.39 Å². The smallest absolute Gasteiger partial charge is 0.348 e. The van der Waals surface area contributed by atoms with Crippen molar-refractivity contribution in [2.24, 2.45) is 0 Å². The van der Waals surface area contributed by atoms with Crippen molar-refractivity contribution in [3.05, 3.63) is 50.6 Å². The minimum absolute atomic E-state index is 0.105. The van der Waals surface area contributed by atoms with Crippen molar-refractivity contribution < 1.29 is 28.2 Å². The van der Waals surface area contributed by atoms with Gasteiger partial charge in [-0.15, -0.1) is 11.3 Å². The molecule has 1 saturated heterocycles. The van der Waals surface area contributed by atoms with Gasteiger partial charge >= 0.3 is 11.9 Å². The monoisotopic (exact) mass is 497 g/mol. The van der Waals surface area contributed by atoms with E-state index < -0.39 is 17.8 Å². The summed E-state index contributed by atoms with van der Waals surface area (Å²) < 4.78 is 22.9. The van der Waals surface area contributed by atoms with Gasteiger partial charge in [-0.1, -0.05) is 17.7 Å². The lowest BCUT2D eigenvalue weighted by atomic mass is 10.1. The van der Waals surface area contributed by atoms with Crippen LogP contribution in [0.25, 0.3) is 0 Å². The molecule has 0 bridgehead atoms. The Bertz CT molecular complexity index is 1050. The summed E-state index contributed by atoms with van der Waals surface area (Å²) in [6, 6.07) is 4.70. The van der Waals surface area contributed by atoms with Gasteiger partial charge in [0.1, 0.15) is 15.7 Å². The number of esters is 2. The predicted octanol–water partition coefficient (Wildman–Crippen LogP) is 3.18. The fourth-order valence-electron chi connectivity index (χ4n) is 3.61. The maximum absolute atomic E-state index is 13.3. The van der Waals surface area contributed by atoms with Crippen molar-refractivity contribution in [2.75, 3.05) is 52.3 Å². The van der Waals surface area contributed by atoms with Gasteiger partial charge in [0.2, 0.25) is 5.91 Å². The number of piperazine rings is 1. The summed E-state index contributed by atoms with van der Waals surface area (Å²) in [5.41, 5.74) is 1.49. The summed E-state index contributed by atoms with van der Waals surface area (Å²) in [5, 5.41) is 3.11. The molecular weight excluding hydrogens is 473 g/mol. The van der Waals surface area contributed by atoms with Crippen molar-refractivity contribution >= 4 is 45.8 Å². The molecule has 0 spiro atoms. The summed E-state index contributed by atoms with van der Waals surface area (Å²) in [7, 11) is 2.49. The van der Waals surface area contributed by atoms with Crippen LogP contribution in [0.15, 0.2) is 18.2 Å². The Labute approximate surface area is 200 Å². The minimum Gasteiger partial charge on any atom is -0.465 e. The van der Waals surface area contributed by atoms with Crippen LogP contribution in [-0.4, -0.2) is 74.6 Å². The van der Waals surface area contributed by atoms with E-state index in [1.807, 2.05) is 4.90 Å². The Balaban J connectivity index is 1.58. The highest BCUT2D eigenvalue weighted by Gasteiger charge is 2.27. The molecule has 0 unspecified atom stereocenters. The van der Waals surface area contributed by atoms with E-state index >= 15 is 0 Å². The van der Waals surface area contributed by atoms with E-state index in [1.165, 1.54) is 20.3 Å². The van der Waals surface area contributed by atoms with Crippen LogP contribution in [0, 0.1) is 12.7 Å². The third-order valence-electron chi connectivity index (χ3n) is 5.38. The molecule has 0 saturated carbocycles. The number of rotatable bonds is 7. The highest BCUT2D eigenvalue weighted by molar-refractivity contribution is 7.18. The molecule has 1 N–H and O–H groups in total. The largest absolute Gasteiger partial charge is 0.465 e. The summed E-state index contributed by atoms with van der Waals surface area (Å²) in [5.74, 6) is -1.95. The number of halogens is 2. The average Bonchev–Trinajstić information content (AvgIpc) is 3.12. The van der Waals surface area contributed by atoms with Crippen molar-refractivity contribution in [2.45, 2.75) is 13.5 Å². The topological polar surface area (TPSA) is 88.2 Å². The number of nitrogens with one attached hydrogen (secondary N) is 1. The highest BCUT2D eigenvalue weighted by Crippen LogP contribution is 2.34. The first-order chi connectivity index (χ1) is 15.7. The fourth-order valence-corrected chi connectivity index (χ4v) is 4.94. The molecule has 8 nitrogen and oxygen atoms in total. The number of methoxy groups -OCH3 is 2. The number of carbonyl (C=O) groups is 3. The number of benzene rings is 1. The molecule has 2 heterocycles. The number of hydrogen-bond donors (Lipinski definition) is 1. The highest BCUT2D eigenvalue weighted by atomic mass is 35.5. The molecular formula is C22H25ClFN3O5S. The molecule has 2 aromatic rings. The van der Waals surface area contributed by atoms with Crippen molar-refractivity contribution in [3.8, 4) is 0 Å². The molecule has 1 amide bonds. The van der Waals surface area contributed by atoms with Crippen LogP contribution in [0.3, 0.4) is 0 Å². The van der Waals surface area contributed by atoms with Gasteiger partial charge < -0.3 is 14.8 Å². The number of nitrogens with zero attached hydrogens (tertiary/aromatic N) is 2. The van der Waals surface area contributed by atoms with E-state index in [2.05, 4.69) is 10.2 Å². The van der Waals surface area contributed by atoms with E-state index in [0.29, 0.717) is 25.2 Å². The fraction of sp³-hybridized carbons (Fsp3) is 0.409. The first-order valence-corrected chi connectivity index (χ1v) is 11.4. The number of ether oxygens (including phenoxy) is 2. The molecule has 11 heteroatoms. The molecule has 1 aliphatic rings. The maximum Gasteiger partial charge on any atom is 0.348 e. The predicted molar refractivity (Wildman–Crippen MR) is 123 cm³/mol. The van der Waals surface area contributed by atoms with Gasteiger partial charge in [-0.25, -0.2) is 14.0 Å². The lowest BCUT2D eigenvalue weighted by Crippen LogP contribution is -2.48. The van der Waals surface area contributed by atoms with Crippen LogP contribution < -0.4 is 5.32 Å². The Kier molecular flexibility index (Phi) is 8.41. The molecule has 0 atom stereocenters. The molecule has 1 aromatic heterocycles. The van der Waals surface area contributed by atoms with Gasteiger partial charge in [-0.05, 0) is 30.2 Å². The zero-order valence-electron chi connectivity index (χ0n) is 18.6.